The van der Waals surface area contributed by atoms with Gasteiger partial charge < -0.3 is 15.8 Å². The van der Waals surface area contributed by atoms with Crippen molar-refractivity contribution in [3.05, 3.63) is 46.1 Å². The minimum absolute atomic E-state index is 0.0175. The standard InChI is InChI=1S/C14H15Cl2N3O2/c1-8(18-7-17)9-5-13(9)19-14(20)21-6-10-11(15)3-2-4-12(10)16/h2-4,7,9,13H,1,5-6H2,(H2,17,18)(H,19,20)/t9-,13+/m0/s1. The average molecular weight is 328 g/mol. The number of halogens is 2. The van der Waals surface area contributed by atoms with Crippen LogP contribution in [0.3, 0.4) is 0 Å². The molecule has 0 saturated heterocycles. The second-order valence-electron chi connectivity index (χ2n) is 4.64. The number of carbonyl (C=O) groups is 1. The summed E-state index contributed by atoms with van der Waals surface area (Å²) in [5.41, 5.74) is 6.43. The van der Waals surface area contributed by atoms with Crippen molar-refractivity contribution in [3.63, 3.8) is 0 Å². The average Bonchev–Trinajstić information content (AvgIpc) is 3.17. The lowest BCUT2D eigenvalue weighted by Gasteiger charge is -2.09. The summed E-state index contributed by atoms with van der Waals surface area (Å²) in [6, 6.07) is 5.09. The Morgan fingerprint density at radius 3 is 2.81 bits per heavy atom. The molecule has 2 rings (SSSR count). The Hall–Kier alpha value is -1.72. The first-order valence-corrected chi connectivity index (χ1v) is 7.07. The summed E-state index contributed by atoms with van der Waals surface area (Å²) in [6.45, 7) is 3.79. The number of amides is 1. The van der Waals surface area contributed by atoms with E-state index < -0.39 is 6.09 Å². The van der Waals surface area contributed by atoms with Gasteiger partial charge in [-0.25, -0.2) is 9.79 Å². The van der Waals surface area contributed by atoms with Crippen molar-refractivity contribution in [2.75, 3.05) is 0 Å². The van der Waals surface area contributed by atoms with Gasteiger partial charge in [-0.05, 0) is 18.6 Å². The summed E-state index contributed by atoms with van der Waals surface area (Å²) in [4.78, 5) is 15.6. The summed E-state index contributed by atoms with van der Waals surface area (Å²) in [7, 11) is 0. The van der Waals surface area contributed by atoms with E-state index in [-0.39, 0.29) is 18.6 Å². The molecular weight excluding hydrogens is 313 g/mol. The van der Waals surface area contributed by atoms with Crippen molar-refractivity contribution in [1.29, 1.82) is 0 Å². The molecule has 0 heterocycles. The van der Waals surface area contributed by atoms with Crippen LogP contribution < -0.4 is 11.1 Å². The van der Waals surface area contributed by atoms with Gasteiger partial charge in [0.15, 0.2) is 0 Å². The number of nitrogens with zero attached hydrogens (tertiary/aromatic N) is 1. The fourth-order valence-electron chi connectivity index (χ4n) is 1.92. The van der Waals surface area contributed by atoms with E-state index in [1.807, 2.05) is 0 Å². The predicted octanol–water partition coefficient (Wildman–Crippen LogP) is 3.11. The molecule has 1 aromatic carbocycles. The van der Waals surface area contributed by atoms with Crippen molar-refractivity contribution in [3.8, 4) is 0 Å². The number of carbonyl (C=O) groups excluding carboxylic acids is 1. The van der Waals surface area contributed by atoms with Crippen LogP contribution in [0.15, 0.2) is 35.5 Å². The van der Waals surface area contributed by atoms with Crippen molar-refractivity contribution < 1.29 is 9.53 Å². The molecule has 1 fully saturated rings. The van der Waals surface area contributed by atoms with Gasteiger partial charge in [-0.3, -0.25) is 0 Å². The Morgan fingerprint density at radius 2 is 2.19 bits per heavy atom. The highest BCUT2D eigenvalue weighted by Gasteiger charge is 2.40. The van der Waals surface area contributed by atoms with E-state index in [2.05, 4.69) is 16.9 Å². The molecule has 0 spiro atoms. The third-order valence-corrected chi connectivity index (χ3v) is 3.88. The summed E-state index contributed by atoms with van der Waals surface area (Å²) in [5, 5.41) is 3.66. The SMILES string of the molecule is C=C(N=CN)[C@@H]1C[C@H]1NC(=O)OCc1c(Cl)cccc1Cl. The highest BCUT2D eigenvalue weighted by atomic mass is 35.5. The van der Waals surface area contributed by atoms with Gasteiger partial charge in [-0.2, -0.15) is 0 Å². The van der Waals surface area contributed by atoms with Crippen molar-refractivity contribution >= 4 is 35.6 Å². The molecule has 21 heavy (non-hydrogen) atoms. The molecule has 3 N–H and O–H groups in total. The minimum Gasteiger partial charge on any atom is -0.445 e. The van der Waals surface area contributed by atoms with E-state index in [4.69, 9.17) is 33.7 Å². The molecule has 1 amide bonds. The number of nitrogens with one attached hydrogen (secondary N) is 1. The van der Waals surface area contributed by atoms with Gasteiger partial charge in [0.25, 0.3) is 0 Å². The molecule has 1 aromatic rings. The van der Waals surface area contributed by atoms with E-state index in [1.54, 1.807) is 18.2 Å². The van der Waals surface area contributed by atoms with Gasteiger partial charge >= 0.3 is 6.09 Å². The Labute approximate surface area is 132 Å². The van der Waals surface area contributed by atoms with Crippen molar-refractivity contribution in [1.82, 2.24) is 5.32 Å². The first-order valence-electron chi connectivity index (χ1n) is 6.32. The normalized spacial score (nSPS) is 20.3. The number of nitrogens with two attached hydrogens (primary N) is 1. The van der Waals surface area contributed by atoms with Crippen LogP contribution in [0.5, 0.6) is 0 Å². The van der Waals surface area contributed by atoms with Crippen LogP contribution in [0.2, 0.25) is 10.0 Å². The molecule has 0 bridgehead atoms. The second-order valence-corrected chi connectivity index (χ2v) is 5.45. The number of ether oxygens (including phenoxy) is 1. The fourth-order valence-corrected chi connectivity index (χ4v) is 2.42. The molecule has 1 saturated carbocycles. The Kier molecular flexibility index (Phi) is 5.09. The monoisotopic (exact) mass is 327 g/mol. The molecule has 7 heteroatoms. The van der Waals surface area contributed by atoms with Crippen LogP contribution in [0.25, 0.3) is 0 Å². The lowest BCUT2D eigenvalue weighted by Crippen LogP contribution is -2.27. The van der Waals surface area contributed by atoms with Crippen LogP contribution in [0, 0.1) is 5.92 Å². The van der Waals surface area contributed by atoms with E-state index >= 15 is 0 Å². The third kappa shape index (κ3) is 4.12. The zero-order valence-electron chi connectivity index (χ0n) is 11.2. The second kappa shape index (κ2) is 6.83. The van der Waals surface area contributed by atoms with Crippen molar-refractivity contribution in [2.24, 2.45) is 16.6 Å². The van der Waals surface area contributed by atoms with Crippen LogP contribution in [0.4, 0.5) is 4.79 Å². The molecule has 112 valence electrons. The molecule has 0 aliphatic heterocycles. The van der Waals surface area contributed by atoms with E-state index in [0.29, 0.717) is 21.3 Å². The summed E-state index contributed by atoms with van der Waals surface area (Å²) in [6.07, 6.45) is 1.44. The lowest BCUT2D eigenvalue weighted by atomic mass is 10.2. The number of aliphatic imine (C=N–C) groups is 1. The predicted molar refractivity (Wildman–Crippen MR) is 83.5 cm³/mol. The molecule has 0 radical (unpaired) electrons. The quantitative estimate of drug-likeness (QED) is 0.644. The number of alkyl carbamates (subject to hydrolysis) is 1. The largest absolute Gasteiger partial charge is 0.445 e. The van der Waals surface area contributed by atoms with Crippen LogP contribution >= 0.6 is 23.2 Å². The summed E-state index contributed by atoms with van der Waals surface area (Å²) in [5.74, 6) is 0.112. The van der Waals surface area contributed by atoms with Crippen LogP contribution in [-0.2, 0) is 11.3 Å². The topological polar surface area (TPSA) is 76.7 Å². The number of hydrogen-bond donors (Lipinski definition) is 2. The first kappa shape index (κ1) is 15.7. The van der Waals surface area contributed by atoms with Gasteiger partial charge in [0.2, 0.25) is 0 Å². The zero-order valence-corrected chi connectivity index (χ0v) is 12.7. The number of benzene rings is 1. The zero-order chi connectivity index (χ0) is 15.4. The third-order valence-electron chi connectivity index (χ3n) is 3.17. The van der Waals surface area contributed by atoms with Crippen LogP contribution in [-0.4, -0.2) is 18.5 Å². The summed E-state index contributed by atoms with van der Waals surface area (Å²) >= 11 is 12.0. The van der Waals surface area contributed by atoms with E-state index in [9.17, 15) is 4.79 Å². The van der Waals surface area contributed by atoms with Gasteiger partial charge in [0, 0.05) is 33.3 Å². The van der Waals surface area contributed by atoms with E-state index in [0.717, 1.165) is 6.42 Å². The maximum absolute atomic E-state index is 11.7. The smallest absolute Gasteiger partial charge is 0.407 e. The first-order chi connectivity index (χ1) is 10.0. The molecule has 0 aromatic heterocycles. The summed E-state index contributed by atoms with van der Waals surface area (Å²) < 4.78 is 5.12. The molecule has 0 unspecified atom stereocenters. The van der Waals surface area contributed by atoms with Gasteiger partial charge in [-0.15, -0.1) is 0 Å². The maximum atomic E-state index is 11.7. The Balaban J connectivity index is 1.80. The van der Waals surface area contributed by atoms with Gasteiger partial charge in [0.1, 0.15) is 6.61 Å². The number of hydrogen-bond acceptors (Lipinski definition) is 3. The molecule has 2 atom stereocenters. The van der Waals surface area contributed by atoms with Gasteiger partial charge in [0.05, 0.1) is 6.34 Å². The highest BCUT2D eigenvalue weighted by Crippen LogP contribution is 2.37. The fraction of sp³-hybridized carbons (Fsp3) is 0.286. The molecular formula is C14H15Cl2N3O2. The lowest BCUT2D eigenvalue weighted by molar-refractivity contribution is 0.139. The maximum Gasteiger partial charge on any atom is 0.407 e. The van der Waals surface area contributed by atoms with E-state index in [1.165, 1.54) is 6.34 Å². The molecule has 1 aliphatic rings. The Morgan fingerprint density at radius 1 is 1.52 bits per heavy atom. The highest BCUT2D eigenvalue weighted by molar-refractivity contribution is 6.35. The van der Waals surface area contributed by atoms with Gasteiger partial charge in [-0.1, -0.05) is 35.8 Å². The van der Waals surface area contributed by atoms with Crippen LogP contribution in [0.1, 0.15) is 12.0 Å². The Bertz CT molecular complexity index is 569. The van der Waals surface area contributed by atoms with Crippen molar-refractivity contribution in [2.45, 2.75) is 19.1 Å². The molecule has 1 aliphatic carbocycles. The molecule has 5 nitrogen and oxygen atoms in total. The number of rotatable bonds is 5. The minimum atomic E-state index is -0.525.